The van der Waals surface area contributed by atoms with Gasteiger partial charge in [-0.15, -0.1) is 0 Å². The highest BCUT2D eigenvalue weighted by atomic mass is 35.5. The third-order valence-corrected chi connectivity index (χ3v) is 5.67. The molecule has 4 nitrogen and oxygen atoms in total. The van der Waals surface area contributed by atoms with E-state index in [1.807, 2.05) is 45.2 Å². The van der Waals surface area contributed by atoms with E-state index in [0.717, 1.165) is 12.0 Å². The van der Waals surface area contributed by atoms with Crippen LogP contribution >= 0.6 is 23.2 Å². The zero-order valence-electron chi connectivity index (χ0n) is 14.9. The number of carbonyl (C=O) groups excluding carboxylic acids is 1. The fourth-order valence-corrected chi connectivity index (χ4v) is 4.04. The van der Waals surface area contributed by atoms with Crippen LogP contribution < -0.4 is 0 Å². The molecule has 3 rings (SSSR count). The number of rotatable bonds is 3. The average molecular weight is 384 g/mol. The molecule has 1 aliphatic heterocycles. The second-order valence-corrected chi connectivity index (χ2v) is 8.73. The number of allylic oxidation sites excluding steroid dienone is 1. The van der Waals surface area contributed by atoms with Crippen LogP contribution in [0.2, 0.25) is 10.0 Å². The number of amides is 1. The van der Waals surface area contributed by atoms with Crippen LogP contribution in [0, 0.1) is 5.41 Å². The van der Waals surface area contributed by atoms with Gasteiger partial charge in [0.1, 0.15) is 5.60 Å². The van der Waals surface area contributed by atoms with E-state index in [-0.39, 0.29) is 16.9 Å². The molecule has 6 heteroatoms. The first-order valence-electron chi connectivity index (χ1n) is 8.26. The Morgan fingerprint density at radius 1 is 1.28 bits per heavy atom. The maximum atomic E-state index is 12.4. The van der Waals surface area contributed by atoms with Crippen molar-refractivity contribution in [3.05, 3.63) is 46.1 Å². The molecule has 1 aromatic carbocycles. The largest absolute Gasteiger partial charge is 0.443 e. The fourth-order valence-electron chi connectivity index (χ4n) is 3.74. The minimum Gasteiger partial charge on any atom is -0.443 e. The minimum absolute atomic E-state index is 0.176. The van der Waals surface area contributed by atoms with Crippen molar-refractivity contribution >= 4 is 29.3 Å². The lowest BCUT2D eigenvalue weighted by Gasteiger charge is -2.34. The Labute approximate surface area is 158 Å². The summed E-state index contributed by atoms with van der Waals surface area (Å²) in [6, 6.07) is 5.73. The first kappa shape index (κ1) is 18.6. The molecule has 1 amide bonds. The number of carbonyl (C=O) groups is 1. The lowest BCUT2D eigenvalue weighted by Crippen LogP contribution is -2.42. The van der Waals surface area contributed by atoms with Gasteiger partial charge in [0.2, 0.25) is 0 Å². The summed E-state index contributed by atoms with van der Waals surface area (Å²) >= 11 is 12.3. The Hall–Kier alpha value is -1.23. The molecule has 0 N–H and O–H groups in total. The third-order valence-electron chi connectivity index (χ3n) is 4.93. The van der Waals surface area contributed by atoms with Crippen molar-refractivity contribution in [1.29, 1.82) is 0 Å². The van der Waals surface area contributed by atoms with Crippen molar-refractivity contribution in [2.45, 2.75) is 38.2 Å². The van der Waals surface area contributed by atoms with Gasteiger partial charge in [-0.3, -0.25) is 4.90 Å². The molecule has 1 heterocycles. The van der Waals surface area contributed by atoms with E-state index in [2.05, 4.69) is 6.08 Å². The average Bonchev–Trinajstić information content (AvgIpc) is 3.17. The van der Waals surface area contributed by atoms with Crippen LogP contribution in [0.4, 0.5) is 4.79 Å². The maximum absolute atomic E-state index is 12.4. The Morgan fingerprint density at radius 3 is 2.60 bits per heavy atom. The van der Waals surface area contributed by atoms with Gasteiger partial charge in [0.15, 0.2) is 0 Å². The number of benzene rings is 1. The molecular weight excluding hydrogens is 361 g/mol. The molecule has 0 saturated heterocycles. The molecule has 0 unspecified atom stereocenters. The maximum Gasteiger partial charge on any atom is 0.414 e. The Kier molecular flexibility index (Phi) is 4.59. The molecule has 1 aliphatic carbocycles. The molecule has 0 radical (unpaired) electrons. The van der Waals surface area contributed by atoms with Crippen LogP contribution in [0.5, 0.6) is 0 Å². The number of hydrogen-bond acceptors (Lipinski definition) is 3. The molecule has 2 aliphatic rings. The molecule has 0 bridgehead atoms. The quantitative estimate of drug-likeness (QED) is 0.734. The van der Waals surface area contributed by atoms with Gasteiger partial charge in [0, 0.05) is 30.7 Å². The SMILES string of the molecule is COC[C@]12CN(C(=O)OC(C)(C)C)C=C[C@@]1(c1ccc(Cl)c(Cl)c1)C2. The Bertz CT molecular complexity index is 728. The van der Waals surface area contributed by atoms with Crippen molar-refractivity contribution in [3.63, 3.8) is 0 Å². The van der Waals surface area contributed by atoms with Crippen molar-refractivity contribution in [1.82, 2.24) is 4.90 Å². The number of ether oxygens (including phenoxy) is 2. The van der Waals surface area contributed by atoms with Crippen molar-refractivity contribution in [3.8, 4) is 0 Å². The first-order valence-corrected chi connectivity index (χ1v) is 9.02. The summed E-state index contributed by atoms with van der Waals surface area (Å²) in [6.45, 7) is 6.69. The predicted octanol–water partition coefficient (Wildman–Crippen LogP) is 5.03. The van der Waals surface area contributed by atoms with Crippen LogP contribution in [0.1, 0.15) is 32.8 Å². The third kappa shape index (κ3) is 3.27. The molecule has 1 aromatic rings. The number of hydrogen-bond donors (Lipinski definition) is 0. The zero-order valence-corrected chi connectivity index (χ0v) is 16.4. The monoisotopic (exact) mass is 383 g/mol. The van der Waals surface area contributed by atoms with Crippen LogP contribution in [0.3, 0.4) is 0 Å². The van der Waals surface area contributed by atoms with Crippen molar-refractivity contribution in [2.75, 3.05) is 20.3 Å². The lowest BCUT2D eigenvalue weighted by molar-refractivity contribution is 0.0238. The fraction of sp³-hybridized carbons (Fsp3) is 0.526. The van der Waals surface area contributed by atoms with E-state index in [1.54, 1.807) is 12.0 Å². The summed E-state index contributed by atoms with van der Waals surface area (Å²) in [5, 5.41) is 1.07. The van der Waals surface area contributed by atoms with Gasteiger partial charge in [-0.05, 0) is 44.9 Å². The Balaban J connectivity index is 1.91. The van der Waals surface area contributed by atoms with E-state index >= 15 is 0 Å². The van der Waals surface area contributed by atoms with Gasteiger partial charge in [-0.25, -0.2) is 4.79 Å². The number of fused-ring (bicyclic) bond motifs is 1. The molecule has 2 atom stereocenters. The van der Waals surface area contributed by atoms with E-state index in [9.17, 15) is 4.79 Å². The van der Waals surface area contributed by atoms with E-state index in [1.165, 1.54) is 0 Å². The summed E-state index contributed by atoms with van der Waals surface area (Å²) < 4.78 is 11.0. The molecule has 1 saturated carbocycles. The van der Waals surface area contributed by atoms with Gasteiger partial charge < -0.3 is 9.47 Å². The van der Waals surface area contributed by atoms with Gasteiger partial charge in [-0.2, -0.15) is 0 Å². The highest BCUT2D eigenvalue weighted by Gasteiger charge is 2.69. The first-order chi connectivity index (χ1) is 11.6. The summed E-state index contributed by atoms with van der Waals surface area (Å²) in [5.74, 6) is 0. The van der Waals surface area contributed by atoms with Gasteiger partial charge in [-0.1, -0.05) is 35.3 Å². The summed E-state index contributed by atoms with van der Waals surface area (Å²) in [7, 11) is 1.68. The normalized spacial score (nSPS) is 27.8. The Morgan fingerprint density at radius 2 is 2.00 bits per heavy atom. The van der Waals surface area contributed by atoms with Crippen molar-refractivity contribution < 1.29 is 14.3 Å². The molecule has 0 spiro atoms. The molecule has 0 aromatic heterocycles. The lowest BCUT2D eigenvalue weighted by atomic mass is 9.84. The predicted molar refractivity (Wildman–Crippen MR) is 99.1 cm³/mol. The highest BCUT2D eigenvalue weighted by molar-refractivity contribution is 6.42. The van der Waals surface area contributed by atoms with Crippen LogP contribution in [-0.2, 0) is 14.9 Å². The zero-order chi connectivity index (χ0) is 18.5. The molecular formula is C19H23Cl2NO3. The van der Waals surface area contributed by atoms with Gasteiger partial charge >= 0.3 is 6.09 Å². The second kappa shape index (κ2) is 6.19. The van der Waals surface area contributed by atoms with E-state index in [0.29, 0.717) is 23.2 Å². The van der Waals surface area contributed by atoms with Crippen LogP contribution in [-0.4, -0.2) is 36.9 Å². The highest BCUT2D eigenvalue weighted by Crippen LogP contribution is 2.67. The molecule has 1 fully saturated rings. The van der Waals surface area contributed by atoms with Crippen LogP contribution in [0.15, 0.2) is 30.5 Å². The topological polar surface area (TPSA) is 38.8 Å². The van der Waals surface area contributed by atoms with Gasteiger partial charge in [0.05, 0.1) is 16.7 Å². The minimum atomic E-state index is -0.527. The molecule has 25 heavy (non-hydrogen) atoms. The summed E-state index contributed by atoms with van der Waals surface area (Å²) in [5.41, 5.74) is 0.209. The van der Waals surface area contributed by atoms with Crippen LogP contribution in [0.25, 0.3) is 0 Å². The standard InChI is InChI=1S/C19H23Cl2NO3/c1-17(2,3)25-16(23)22-8-7-19(10-18(19,11-22)12-24-4)13-5-6-14(20)15(21)9-13/h5-9H,10-12H2,1-4H3/t18-,19-/m0/s1. The van der Waals surface area contributed by atoms with E-state index in [4.69, 9.17) is 32.7 Å². The molecule has 136 valence electrons. The number of methoxy groups -OCH3 is 1. The number of halogens is 2. The summed E-state index contributed by atoms with van der Waals surface area (Å²) in [6.07, 6.45) is 4.44. The van der Waals surface area contributed by atoms with E-state index < -0.39 is 5.60 Å². The number of nitrogens with zero attached hydrogens (tertiary/aromatic N) is 1. The summed E-state index contributed by atoms with van der Waals surface area (Å²) in [4.78, 5) is 14.1. The van der Waals surface area contributed by atoms with Crippen molar-refractivity contribution in [2.24, 2.45) is 5.41 Å². The smallest absolute Gasteiger partial charge is 0.414 e. The van der Waals surface area contributed by atoms with Gasteiger partial charge in [0.25, 0.3) is 0 Å². The second-order valence-electron chi connectivity index (χ2n) is 7.91.